The normalized spacial score (nSPS) is 11.1. The van der Waals surface area contributed by atoms with Crippen molar-refractivity contribution < 1.29 is 14.3 Å². The first-order valence-electron chi connectivity index (χ1n) is 7.85. The number of nitrogens with two attached hydrogens (primary N) is 1. The summed E-state index contributed by atoms with van der Waals surface area (Å²) in [6, 6.07) is 5.25. The van der Waals surface area contributed by atoms with E-state index in [4.69, 9.17) is 15.2 Å². The maximum absolute atomic E-state index is 12.3. The van der Waals surface area contributed by atoms with Crippen LogP contribution in [0.1, 0.15) is 50.9 Å². The van der Waals surface area contributed by atoms with E-state index in [1.54, 1.807) is 18.2 Å². The van der Waals surface area contributed by atoms with E-state index in [1.165, 1.54) is 0 Å². The van der Waals surface area contributed by atoms with Crippen molar-refractivity contribution in [2.45, 2.75) is 46.1 Å². The predicted molar refractivity (Wildman–Crippen MR) is 88.6 cm³/mol. The zero-order valence-electron chi connectivity index (χ0n) is 14.1. The molecule has 0 atom stereocenters. The second kappa shape index (κ2) is 8.63. The van der Waals surface area contributed by atoms with Gasteiger partial charge in [-0.15, -0.1) is 0 Å². The number of carbonyl (C=O) groups excluding carboxylic acids is 1. The van der Waals surface area contributed by atoms with E-state index in [0.717, 1.165) is 12.8 Å². The summed E-state index contributed by atoms with van der Waals surface area (Å²) in [5.74, 6) is 1.11. The van der Waals surface area contributed by atoms with Gasteiger partial charge in [0.25, 0.3) is 5.91 Å². The van der Waals surface area contributed by atoms with Crippen molar-refractivity contribution in [3.05, 3.63) is 23.8 Å². The maximum atomic E-state index is 12.3. The highest BCUT2D eigenvalue weighted by Crippen LogP contribution is 2.29. The average Bonchev–Trinajstić information content (AvgIpc) is 2.50. The minimum Gasteiger partial charge on any atom is -0.490 e. The van der Waals surface area contributed by atoms with Crippen molar-refractivity contribution in [2.24, 2.45) is 5.73 Å². The van der Waals surface area contributed by atoms with E-state index in [2.05, 4.69) is 5.32 Å². The van der Waals surface area contributed by atoms with Crippen LogP contribution >= 0.6 is 0 Å². The van der Waals surface area contributed by atoms with Crippen molar-refractivity contribution in [2.75, 3.05) is 19.8 Å². The van der Waals surface area contributed by atoms with Gasteiger partial charge in [0, 0.05) is 17.6 Å². The topological polar surface area (TPSA) is 73.6 Å². The largest absolute Gasteiger partial charge is 0.490 e. The summed E-state index contributed by atoms with van der Waals surface area (Å²) in [4.78, 5) is 12.3. The number of hydrogen-bond acceptors (Lipinski definition) is 4. The Kier molecular flexibility index (Phi) is 7.18. The van der Waals surface area contributed by atoms with E-state index >= 15 is 0 Å². The number of rotatable bonds is 9. The van der Waals surface area contributed by atoms with Gasteiger partial charge in [-0.25, -0.2) is 0 Å². The molecular formula is C17H28N2O3. The van der Waals surface area contributed by atoms with Crippen molar-refractivity contribution in [3.63, 3.8) is 0 Å². The van der Waals surface area contributed by atoms with Gasteiger partial charge in [-0.05, 0) is 44.9 Å². The molecule has 5 nitrogen and oxygen atoms in total. The van der Waals surface area contributed by atoms with Crippen LogP contribution < -0.4 is 20.5 Å². The maximum Gasteiger partial charge on any atom is 0.251 e. The van der Waals surface area contributed by atoms with E-state index in [0.29, 0.717) is 36.8 Å². The van der Waals surface area contributed by atoms with Crippen molar-refractivity contribution in [1.29, 1.82) is 0 Å². The van der Waals surface area contributed by atoms with Gasteiger partial charge in [0.1, 0.15) is 0 Å². The molecular weight excluding hydrogens is 280 g/mol. The molecule has 0 spiro atoms. The first-order chi connectivity index (χ1) is 10.4. The molecule has 0 aliphatic rings. The molecule has 0 aliphatic carbocycles. The smallest absolute Gasteiger partial charge is 0.251 e. The molecule has 0 fully saturated rings. The van der Waals surface area contributed by atoms with Crippen LogP contribution in [-0.2, 0) is 0 Å². The molecule has 1 aromatic rings. The molecule has 0 bridgehead atoms. The first kappa shape index (κ1) is 18.3. The lowest BCUT2D eigenvalue weighted by molar-refractivity contribution is 0.0915. The van der Waals surface area contributed by atoms with Gasteiger partial charge in [-0.3, -0.25) is 4.79 Å². The number of benzene rings is 1. The Bertz CT molecular complexity index is 487. The summed E-state index contributed by atoms with van der Waals surface area (Å²) in [5.41, 5.74) is 5.74. The molecule has 0 saturated heterocycles. The van der Waals surface area contributed by atoms with Crippen LogP contribution in [0.5, 0.6) is 11.5 Å². The van der Waals surface area contributed by atoms with Gasteiger partial charge >= 0.3 is 0 Å². The highest BCUT2D eigenvalue weighted by Gasteiger charge is 2.20. The molecule has 124 valence electrons. The molecule has 0 saturated carbocycles. The summed E-state index contributed by atoms with van der Waals surface area (Å²) in [7, 11) is 0. The second-order valence-corrected chi connectivity index (χ2v) is 5.90. The third kappa shape index (κ3) is 5.56. The zero-order valence-corrected chi connectivity index (χ0v) is 14.1. The molecule has 22 heavy (non-hydrogen) atoms. The third-order valence-electron chi connectivity index (χ3n) is 3.09. The minimum absolute atomic E-state index is 0.168. The van der Waals surface area contributed by atoms with E-state index < -0.39 is 5.54 Å². The molecule has 1 amide bonds. The number of ether oxygens (including phenoxy) is 2. The summed E-state index contributed by atoms with van der Waals surface area (Å²) in [6.07, 6.45) is 1.81. The summed E-state index contributed by atoms with van der Waals surface area (Å²) in [5, 5.41) is 2.91. The highest BCUT2D eigenvalue weighted by molar-refractivity contribution is 5.95. The molecule has 0 heterocycles. The van der Waals surface area contributed by atoms with Crippen LogP contribution in [0.4, 0.5) is 0 Å². The molecule has 3 N–H and O–H groups in total. The van der Waals surface area contributed by atoms with Gasteiger partial charge in [0.05, 0.1) is 13.2 Å². The Morgan fingerprint density at radius 2 is 1.73 bits per heavy atom. The number of amides is 1. The molecule has 1 aromatic carbocycles. The highest BCUT2D eigenvalue weighted by atomic mass is 16.5. The van der Waals surface area contributed by atoms with Crippen LogP contribution in [0.3, 0.4) is 0 Å². The van der Waals surface area contributed by atoms with Crippen LogP contribution in [0.25, 0.3) is 0 Å². The fraction of sp³-hybridized carbons (Fsp3) is 0.588. The second-order valence-electron chi connectivity index (χ2n) is 5.90. The van der Waals surface area contributed by atoms with Crippen LogP contribution in [-0.4, -0.2) is 31.2 Å². The van der Waals surface area contributed by atoms with Crippen LogP contribution in [0.2, 0.25) is 0 Å². The number of hydrogen-bond donors (Lipinski definition) is 2. The van der Waals surface area contributed by atoms with Gasteiger partial charge in [0.15, 0.2) is 11.5 Å². The zero-order chi connectivity index (χ0) is 16.6. The summed E-state index contributed by atoms with van der Waals surface area (Å²) < 4.78 is 11.4. The lowest BCUT2D eigenvalue weighted by Crippen LogP contribution is -2.48. The van der Waals surface area contributed by atoms with E-state index in [9.17, 15) is 4.79 Å². The third-order valence-corrected chi connectivity index (χ3v) is 3.09. The Morgan fingerprint density at radius 3 is 2.27 bits per heavy atom. The molecule has 5 heteroatoms. The molecule has 1 rings (SSSR count). The summed E-state index contributed by atoms with van der Waals surface area (Å²) >= 11 is 0. The van der Waals surface area contributed by atoms with Crippen molar-refractivity contribution >= 4 is 5.91 Å². The average molecular weight is 308 g/mol. The van der Waals surface area contributed by atoms with Gasteiger partial charge in [-0.2, -0.15) is 0 Å². The van der Waals surface area contributed by atoms with Crippen molar-refractivity contribution in [3.8, 4) is 11.5 Å². The Labute approximate surface area is 133 Å². The molecule has 0 aliphatic heterocycles. The Hall–Kier alpha value is -1.75. The predicted octanol–water partition coefficient (Wildman–Crippen LogP) is 2.73. The molecule has 0 radical (unpaired) electrons. The van der Waals surface area contributed by atoms with Crippen molar-refractivity contribution in [1.82, 2.24) is 5.32 Å². The molecule has 0 aromatic heterocycles. The first-order valence-corrected chi connectivity index (χ1v) is 7.85. The Balaban J connectivity index is 2.94. The fourth-order valence-electron chi connectivity index (χ4n) is 1.74. The van der Waals surface area contributed by atoms with Gasteiger partial charge in [0.2, 0.25) is 0 Å². The van der Waals surface area contributed by atoms with E-state index in [1.807, 2.05) is 27.7 Å². The fourth-order valence-corrected chi connectivity index (χ4v) is 1.74. The molecule has 0 unspecified atom stereocenters. The monoisotopic (exact) mass is 308 g/mol. The quantitative estimate of drug-likeness (QED) is 0.735. The number of nitrogens with one attached hydrogen (secondary N) is 1. The SMILES string of the molecule is CCCOc1ccc(C(=O)NC(C)(C)CN)cc1OCCC. The Morgan fingerprint density at radius 1 is 1.14 bits per heavy atom. The summed E-state index contributed by atoms with van der Waals surface area (Å²) in [6.45, 7) is 9.43. The number of carbonyl (C=O) groups is 1. The van der Waals surface area contributed by atoms with Gasteiger partial charge in [-0.1, -0.05) is 13.8 Å². The lowest BCUT2D eigenvalue weighted by atomic mass is 10.1. The van der Waals surface area contributed by atoms with Crippen LogP contribution in [0, 0.1) is 0 Å². The van der Waals surface area contributed by atoms with E-state index in [-0.39, 0.29) is 5.91 Å². The van der Waals surface area contributed by atoms with Crippen LogP contribution in [0.15, 0.2) is 18.2 Å². The van der Waals surface area contributed by atoms with Gasteiger partial charge < -0.3 is 20.5 Å². The lowest BCUT2D eigenvalue weighted by Gasteiger charge is -2.24. The standard InChI is InChI=1S/C17H28N2O3/c1-5-9-21-14-8-7-13(11-15(14)22-10-6-2)16(20)19-17(3,4)12-18/h7-8,11H,5-6,9-10,12,18H2,1-4H3,(H,19,20). The minimum atomic E-state index is -0.446.